The molecule has 0 aliphatic carbocycles. The van der Waals surface area contributed by atoms with Crippen LogP contribution in [-0.4, -0.2) is 15.6 Å². The Kier molecular flexibility index (Phi) is 3.26. The average Bonchev–Trinajstić information content (AvgIpc) is 2.85. The van der Waals surface area contributed by atoms with Gasteiger partial charge in [0.2, 0.25) is 0 Å². The molecular weight excluding hydrogens is 262 g/mol. The minimum absolute atomic E-state index is 0.363. The van der Waals surface area contributed by atoms with Crippen LogP contribution in [0.5, 0.6) is 0 Å². The van der Waals surface area contributed by atoms with E-state index in [2.05, 4.69) is 25.1 Å². The second-order valence-electron chi connectivity index (χ2n) is 5.18. The Morgan fingerprint density at radius 2 is 1.95 bits per heavy atom. The number of benzene rings is 2. The van der Waals surface area contributed by atoms with E-state index >= 15 is 0 Å². The highest BCUT2D eigenvalue weighted by atomic mass is 16.4. The molecule has 2 aromatic carbocycles. The predicted octanol–water partition coefficient (Wildman–Crippen LogP) is 4.33. The monoisotopic (exact) mass is 279 g/mol. The summed E-state index contributed by atoms with van der Waals surface area (Å²) < 4.78 is 1.97. The molecule has 0 atom stereocenters. The zero-order chi connectivity index (χ0) is 15.0. The van der Waals surface area contributed by atoms with E-state index < -0.39 is 5.97 Å². The lowest BCUT2D eigenvalue weighted by molar-refractivity contribution is 0.0699. The molecule has 3 nitrogen and oxygen atoms in total. The molecule has 0 saturated carbocycles. The number of rotatable bonds is 3. The van der Waals surface area contributed by atoms with Crippen LogP contribution in [0.15, 0.2) is 48.7 Å². The van der Waals surface area contributed by atoms with Crippen molar-refractivity contribution in [3.8, 4) is 11.1 Å². The van der Waals surface area contributed by atoms with E-state index in [9.17, 15) is 9.90 Å². The number of nitrogens with zero attached hydrogens (tertiary/aromatic N) is 1. The lowest BCUT2D eigenvalue weighted by Crippen LogP contribution is -1.94. The Morgan fingerprint density at radius 3 is 2.62 bits per heavy atom. The lowest BCUT2D eigenvalue weighted by atomic mass is 9.99. The number of carboxylic acid groups (broad SMARTS) is 1. The third kappa shape index (κ3) is 2.21. The van der Waals surface area contributed by atoms with E-state index in [4.69, 9.17) is 0 Å². The van der Waals surface area contributed by atoms with Crippen LogP contribution in [0, 0.1) is 6.92 Å². The van der Waals surface area contributed by atoms with Crippen molar-refractivity contribution in [1.29, 1.82) is 0 Å². The van der Waals surface area contributed by atoms with Gasteiger partial charge in [0.15, 0.2) is 0 Å². The van der Waals surface area contributed by atoms with Crippen molar-refractivity contribution in [3.63, 3.8) is 0 Å². The SMILES string of the molecule is CCn1cc(C(=O)O)c2cc(-c3ccccc3C)ccc21. The summed E-state index contributed by atoms with van der Waals surface area (Å²) in [4.78, 5) is 11.4. The van der Waals surface area contributed by atoms with Crippen LogP contribution in [0.1, 0.15) is 22.8 Å². The number of aryl methyl sites for hydroxylation is 2. The molecule has 3 aromatic rings. The van der Waals surface area contributed by atoms with Gasteiger partial charge in [-0.15, -0.1) is 0 Å². The lowest BCUT2D eigenvalue weighted by Gasteiger charge is -2.07. The third-order valence-corrected chi connectivity index (χ3v) is 3.91. The van der Waals surface area contributed by atoms with Gasteiger partial charge in [-0.1, -0.05) is 30.3 Å². The Balaban J connectivity index is 2.27. The van der Waals surface area contributed by atoms with Crippen LogP contribution in [0.4, 0.5) is 0 Å². The third-order valence-electron chi connectivity index (χ3n) is 3.91. The summed E-state index contributed by atoms with van der Waals surface area (Å²) in [5.41, 5.74) is 4.70. The van der Waals surface area contributed by atoms with Gasteiger partial charge < -0.3 is 9.67 Å². The zero-order valence-electron chi connectivity index (χ0n) is 12.1. The Morgan fingerprint density at radius 1 is 1.19 bits per heavy atom. The van der Waals surface area contributed by atoms with Gasteiger partial charge in [-0.05, 0) is 42.7 Å². The number of aromatic carboxylic acids is 1. The Hall–Kier alpha value is -2.55. The van der Waals surface area contributed by atoms with E-state index in [1.807, 2.05) is 35.8 Å². The summed E-state index contributed by atoms with van der Waals surface area (Å²) in [6.45, 7) is 4.84. The van der Waals surface area contributed by atoms with Gasteiger partial charge in [0.05, 0.1) is 5.56 Å². The highest BCUT2D eigenvalue weighted by molar-refractivity contribution is 6.04. The molecule has 1 heterocycles. The van der Waals surface area contributed by atoms with Gasteiger partial charge in [0.1, 0.15) is 0 Å². The quantitative estimate of drug-likeness (QED) is 0.775. The maximum absolute atomic E-state index is 11.4. The van der Waals surface area contributed by atoms with E-state index in [1.165, 1.54) is 5.56 Å². The molecule has 3 rings (SSSR count). The maximum Gasteiger partial charge on any atom is 0.337 e. The fraction of sp³-hybridized carbons (Fsp3) is 0.167. The molecule has 1 aromatic heterocycles. The van der Waals surface area contributed by atoms with Crippen LogP contribution in [0.3, 0.4) is 0 Å². The highest BCUT2D eigenvalue weighted by Crippen LogP contribution is 2.29. The molecule has 0 aliphatic heterocycles. The molecule has 0 unspecified atom stereocenters. The summed E-state index contributed by atoms with van der Waals surface area (Å²) >= 11 is 0. The fourth-order valence-corrected chi connectivity index (χ4v) is 2.79. The van der Waals surface area contributed by atoms with Crippen LogP contribution >= 0.6 is 0 Å². The Bertz CT molecular complexity index is 830. The summed E-state index contributed by atoms with van der Waals surface area (Å²) in [7, 11) is 0. The smallest absolute Gasteiger partial charge is 0.337 e. The van der Waals surface area contributed by atoms with Gasteiger partial charge in [0.25, 0.3) is 0 Å². The van der Waals surface area contributed by atoms with Gasteiger partial charge in [-0.2, -0.15) is 0 Å². The molecule has 0 saturated heterocycles. The zero-order valence-corrected chi connectivity index (χ0v) is 12.1. The molecule has 21 heavy (non-hydrogen) atoms. The van der Waals surface area contributed by atoms with Gasteiger partial charge in [-0.25, -0.2) is 4.79 Å². The van der Waals surface area contributed by atoms with Gasteiger partial charge >= 0.3 is 5.97 Å². The van der Waals surface area contributed by atoms with Crippen LogP contribution in [0.25, 0.3) is 22.0 Å². The first-order valence-electron chi connectivity index (χ1n) is 7.04. The highest BCUT2D eigenvalue weighted by Gasteiger charge is 2.14. The van der Waals surface area contributed by atoms with E-state index in [1.54, 1.807) is 6.20 Å². The van der Waals surface area contributed by atoms with E-state index in [0.29, 0.717) is 5.56 Å². The first kappa shape index (κ1) is 13.4. The normalized spacial score (nSPS) is 11.0. The van der Waals surface area contributed by atoms with Crippen molar-refractivity contribution in [2.75, 3.05) is 0 Å². The van der Waals surface area contributed by atoms with Crippen molar-refractivity contribution in [2.45, 2.75) is 20.4 Å². The summed E-state index contributed by atoms with van der Waals surface area (Å²) in [5, 5.41) is 10.2. The van der Waals surface area contributed by atoms with Crippen LogP contribution < -0.4 is 0 Å². The molecule has 3 heteroatoms. The molecule has 0 bridgehead atoms. The molecule has 0 aliphatic rings. The standard InChI is InChI=1S/C18H17NO2/c1-3-19-11-16(18(20)21)15-10-13(8-9-17(15)19)14-7-5-4-6-12(14)2/h4-11H,3H2,1-2H3,(H,20,21). The largest absolute Gasteiger partial charge is 0.478 e. The van der Waals surface area contributed by atoms with Gasteiger partial charge in [0, 0.05) is 23.6 Å². The number of carboxylic acids is 1. The first-order valence-corrected chi connectivity index (χ1v) is 7.04. The van der Waals surface area contributed by atoms with Crippen LogP contribution in [0.2, 0.25) is 0 Å². The van der Waals surface area contributed by atoms with E-state index in [-0.39, 0.29) is 0 Å². The van der Waals surface area contributed by atoms with Crippen LogP contribution in [-0.2, 0) is 6.54 Å². The summed E-state index contributed by atoms with van der Waals surface area (Å²) in [6, 6.07) is 14.2. The van der Waals surface area contributed by atoms with Crippen molar-refractivity contribution < 1.29 is 9.90 Å². The predicted molar refractivity (Wildman–Crippen MR) is 84.7 cm³/mol. The topological polar surface area (TPSA) is 42.2 Å². The van der Waals surface area contributed by atoms with Crippen molar-refractivity contribution in [2.24, 2.45) is 0 Å². The first-order chi connectivity index (χ1) is 10.1. The average molecular weight is 279 g/mol. The minimum atomic E-state index is -0.880. The fourth-order valence-electron chi connectivity index (χ4n) is 2.79. The molecule has 0 radical (unpaired) electrons. The summed E-state index contributed by atoms with van der Waals surface area (Å²) in [5.74, 6) is -0.880. The second-order valence-corrected chi connectivity index (χ2v) is 5.18. The molecule has 0 amide bonds. The number of carbonyl (C=O) groups is 1. The van der Waals surface area contributed by atoms with Gasteiger partial charge in [-0.3, -0.25) is 0 Å². The van der Waals surface area contributed by atoms with E-state index in [0.717, 1.165) is 28.6 Å². The maximum atomic E-state index is 11.4. The second kappa shape index (κ2) is 5.09. The minimum Gasteiger partial charge on any atom is -0.478 e. The Labute approximate surface area is 123 Å². The van der Waals surface area contributed by atoms with Crippen molar-refractivity contribution >= 4 is 16.9 Å². The molecule has 0 spiro atoms. The number of aromatic nitrogens is 1. The molecule has 106 valence electrons. The molecular formula is C18H17NO2. The number of hydrogen-bond acceptors (Lipinski definition) is 1. The molecule has 0 fully saturated rings. The van der Waals surface area contributed by atoms with Crippen molar-refractivity contribution in [1.82, 2.24) is 4.57 Å². The number of hydrogen-bond donors (Lipinski definition) is 1. The summed E-state index contributed by atoms with van der Waals surface area (Å²) in [6.07, 6.45) is 1.72. The molecule has 1 N–H and O–H groups in total. The number of fused-ring (bicyclic) bond motifs is 1. The van der Waals surface area contributed by atoms with Crippen molar-refractivity contribution in [3.05, 3.63) is 59.8 Å².